The fourth-order valence-corrected chi connectivity index (χ4v) is 2.85. The highest BCUT2D eigenvalue weighted by atomic mass is 79.9. The molecule has 0 radical (unpaired) electrons. The standard InChI is InChI=1S/C14H17BrClNO2/c1-17(8-10-3-2-6-19-9-10)14(18)12-7-11(15)4-5-13(12)16/h4-5,7,10H,2-3,6,8-9H2,1H3. The zero-order chi connectivity index (χ0) is 13.8. The number of hydrogen-bond acceptors (Lipinski definition) is 2. The van der Waals surface area contributed by atoms with Gasteiger partial charge in [0.15, 0.2) is 0 Å². The van der Waals surface area contributed by atoms with Crippen LogP contribution in [-0.4, -0.2) is 37.6 Å². The molecule has 19 heavy (non-hydrogen) atoms. The number of halogens is 2. The first-order valence-corrected chi connectivity index (χ1v) is 7.53. The minimum atomic E-state index is -0.0446. The summed E-state index contributed by atoms with van der Waals surface area (Å²) in [6.45, 7) is 2.29. The Hall–Kier alpha value is -0.580. The lowest BCUT2D eigenvalue weighted by molar-refractivity contribution is 0.0388. The summed E-state index contributed by atoms with van der Waals surface area (Å²) in [5, 5.41) is 0.486. The smallest absolute Gasteiger partial charge is 0.255 e. The van der Waals surface area contributed by atoms with Crippen LogP contribution in [-0.2, 0) is 4.74 Å². The van der Waals surface area contributed by atoms with Gasteiger partial charge >= 0.3 is 0 Å². The van der Waals surface area contributed by atoms with Crippen molar-refractivity contribution in [1.29, 1.82) is 0 Å². The first-order valence-electron chi connectivity index (χ1n) is 6.36. The van der Waals surface area contributed by atoms with Crippen molar-refractivity contribution >= 4 is 33.4 Å². The van der Waals surface area contributed by atoms with Crippen LogP contribution in [0.1, 0.15) is 23.2 Å². The third-order valence-electron chi connectivity index (χ3n) is 3.29. The summed E-state index contributed by atoms with van der Waals surface area (Å²) in [6.07, 6.45) is 2.19. The maximum Gasteiger partial charge on any atom is 0.255 e. The van der Waals surface area contributed by atoms with E-state index in [-0.39, 0.29) is 5.91 Å². The van der Waals surface area contributed by atoms with E-state index >= 15 is 0 Å². The number of carbonyl (C=O) groups is 1. The molecule has 1 amide bonds. The van der Waals surface area contributed by atoms with Gasteiger partial charge in [0.05, 0.1) is 17.2 Å². The maximum atomic E-state index is 12.4. The molecule has 104 valence electrons. The maximum absolute atomic E-state index is 12.4. The van der Waals surface area contributed by atoms with Gasteiger partial charge in [-0.3, -0.25) is 4.79 Å². The van der Waals surface area contributed by atoms with Gasteiger partial charge in [-0.05, 0) is 37.0 Å². The van der Waals surface area contributed by atoms with Gasteiger partial charge in [-0.25, -0.2) is 0 Å². The summed E-state index contributed by atoms with van der Waals surface area (Å²) in [4.78, 5) is 14.1. The lowest BCUT2D eigenvalue weighted by Gasteiger charge is -2.27. The molecular weight excluding hydrogens is 330 g/mol. The van der Waals surface area contributed by atoms with E-state index in [9.17, 15) is 4.79 Å². The van der Waals surface area contributed by atoms with E-state index in [1.165, 1.54) is 0 Å². The number of carbonyl (C=O) groups excluding carboxylic acids is 1. The largest absolute Gasteiger partial charge is 0.381 e. The fourth-order valence-electron chi connectivity index (χ4n) is 2.29. The molecule has 3 nitrogen and oxygen atoms in total. The van der Waals surface area contributed by atoms with Crippen LogP contribution in [0.5, 0.6) is 0 Å². The highest BCUT2D eigenvalue weighted by Gasteiger charge is 2.21. The van der Waals surface area contributed by atoms with Crippen molar-refractivity contribution in [2.24, 2.45) is 5.92 Å². The number of amides is 1. The molecule has 0 spiro atoms. The second-order valence-corrected chi connectivity index (χ2v) is 6.22. The van der Waals surface area contributed by atoms with E-state index in [1.54, 1.807) is 17.0 Å². The van der Waals surface area contributed by atoms with E-state index in [4.69, 9.17) is 16.3 Å². The van der Waals surface area contributed by atoms with Crippen molar-refractivity contribution in [2.45, 2.75) is 12.8 Å². The van der Waals surface area contributed by atoms with Crippen LogP contribution in [0, 0.1) is 5.92 Å². The summed E-state index contributed by atoms with van der Waals surface area (Å²) >= 11 is 9.45. The molecule has 0 aromatic heterocycles. The Morgan fingerprint density at radius 1 is 1.58 bits per heavy atom. The Labute approximate surface area is 127 Å². The van der Waals surface area contributed by atoms with Crippen molar-refractivity contribution in [1.82, 2.24) is 4.90 Å². The van der Waals surface area contributed by atoms with E-state index in [0.717, 1.165) is 30.5 Å². The quantitative estimate of drug-likeness (QED) is 0.837. The summed E-state index contributed by atoms with van der Waals surface area (Å²) in [6, 6.07) is 5.32. The predicted octanol–water partition coefficient (Wildman–Crippen LogP) is 3.60. The molecule has 1 unspecified atom stereocenters. The molecule has 5 heteroatoms. The highest BCUT2D eigenvalue weighted by molar-refractivity contribution is 9.10. The molecular formula is C14H17BrClNO2. The van der Waals surface area contributed by atoms with Gasteiger partial charge in [0.2, 0.25) is 0 Å². The van der Waals surface area contributed by atoms with Gasteiger partial charge in [-0.15, -0.1) is 0 Å². The van der Waals surface area contributed by atoms with Crippen molar-refractivity contribution < 1.29 is 9.53 Å². The van der Waals surface area contributed by atoms with Gasteiger partial charge in [0, 0.05) is 24.7 Å². The number of ether oxygens (including phenoxy) is 1. The van der Waals surface area contributed by atoms with Crippen LogP contribution in [0.3, 0.4) is 0 Å². The third kappa shape index (κ3) is 3.94. The van der Waals surface area contributed by atoms with E-state index in [1.807, 2.05) is 13.1 Å². The van der Waals surface area contributed by atoms with Crippen molar-refractivity contribution in [2.75, 3.05) is 26.8 Å². The molecule has 0 N–H and O–H groups in total. The van der Waals surface area contributed by atoms with E-state index in [2.05, 4.69) is 15.9 Å². The predicted molar refractivity (Wildman–Crippen MR) is 79.7 cm³/mol. The van der Waals surface area contributed by atoms with E-state index < -0.39 is 0 Å². The molecule has 1 heterocycles. The Balaban J connectivity index is 2.03. The van der Waals surface area contributed by atoms with Crippen LogP contribution in [0.15, 0.2) is 22.7 Å². The average Bonchev–Trinajstić information content (AvgIpc) is 2.42. The van der Waals surface area contributed by atoms with Crippen LogP contribution in [0.25, 0.3) is 0 Å². The molecule has 1 aromatic carbocycles. The Bertz CT molecular complexity index is 461. The highest BCUT2D eigenvalue weighted by Crippen LogP contribution is 2.23. The van der Waals surface area contributed by atoms with E-state index in [0.29, 0.717) is 23.0 Å². The summed E-state index contributed by atoms with van der Waals surface area (Å²) in [7, 11) is 1.81. The molecule has 0 aliphatic carbocycles. The van der Waals surface area contributed by atoms with Crippen molar-refractivity contribution in [3.63, 3.8) is 0 Å². The minimum Gasteiger partial charge on any atom is -0.381 e. The zero-order valence-corrected chi connectivity index (χ0v) is 13.2. The normalized spacial score (nSPS) is 19.2. The topological polar surface area (TPSA) is 29.5 Å². The van der Waals surface area contributed by atoms with Gasteiger partial charge in [-0.2, -0.15) is 0 Å². The first-order chi connectivity index (χ1) is 9.08. The summed E-state index contributed by atoms with van der Waals surface area (Å²) in [5.74, 6) is 0.380. The second-order valence-electron chi connectivity index (χ2n) is 4.89. The molecule has 0 saturated carbocycles. The third-order valence-corrected chi connectivity index (χ3v) is 4.12. The van der Waals surface area contributed by atoms with Gasteiger partial charge in [0.25, 0.3) is 5.91 Å². The zero-order valence-electron chi connectivity index (χ0n) is 10.9. The molecule has 0 bridgehead atoms. The Kier molecular flexibility index (Phi) is 5.25. The Morgan fingerprint density at radius 3 is 3.05 bits per heavy atom. The molecule has 1 aliphatic rings. The number of nitrogens with zero attached hydrogens (tertiary/aromatic N) is 1. The first kappa shape index (κ1) is 14.8. The molecule has 1 aromatic rings. The summed E-state index contributed by atoms with van der Waals surface area (Å²) < 4.78 is 6.30. The fraction of sp³-hybridized carbons (Fsp3) is 0.500. The lowest BCUT2D eigenvalue weighted by Crippen LogP contribution is -2.35. The molecule has 1 saturated heterocycles. The number of hydrogen-bond donors (Lipinski definition) is 0. The minimum absolute atomic E-state index is 0.0446. The molecule has 1 fully saturated rings. The van der Waals surface area contributed by atoms with Crippen LogP contribution >= 0.6 is 27.5 Å². The van der Waals surface area contributed by atoms with Crippen LogP contribution < -0.4 is 0 Å². The molecule has 2 rings (SSSR count). The van der Waals surface area contributed by atoms with Crippen molar-refractivity contribution in [3.05, 3.63) is 33.3 Å². The van der Waals surface area contributed by atoms with Gasteiger partial charge in [-0.1, -0.05) is 27.5 Å². The van der Waals surface area contributed by atoms with Crippen LogP contribution in [0.4, 0.5) is 0 Å². The number of rotatable bonds is 3. The number of benzene rings is 1. The van der Waals surface area contributed by atoms with Gasteiger partial charge in [0.1, 0.15) is 0 Å². The average molecular weight is 347 g/mol. The van der Waals surface area contributed by atoms with Crippen LogP contribution in [0.2, 0.25) is 5.02 Å². The molecule has 1 atom stereocenters. The SMILES string of the molecule is CN(CC1CCCOC1)C(=O)c1cc(Br)ccc1Cl. The second kappa shape index (κ2) is 6.73. The van der Waals surface area contributed by atoms with Gasteiger partial charge < -0.3 is 9.64 Å². The molecule has 1 aliphatic heterocycles. The summed E-state index contributed by atoms with van der Waals surface area (Å²) in [5.41, 5.74) is 0.537. The lowest BCUT2D eigenvalue weighted by atomic mass is 10.0. The monoisotopic (exact) mass is 345 g/mol. The Morgan fingerprint density at radius 2 is 2.37 bits per heavy atom. The van der Waals surface area contributed by atoms with Crippen molar-refractivity contribution in [3.8, 4) is 0 Å².